The summed E-state index contributed by atoms with van der Waals surface area (Å²) in [7, 11) is 0. The van der Waals surface area contributed by atoms with Crippen LogP contribution < -0.4 is 0 Å². The lowest BCUT2D eigenvalue weighted by molar-refractivity contribution is 0.0244. The van der Waals surface area contributed by atoms with E-state index < -0.39 is 0 Å². The summed E-state index contributed by atoms with van der Waals surface area (Å²) in [6.07, 6.45) is 0. The molecule has 0 aromatic heterocycles. The highest BCUT2D eigenvalue weighted by Crippen LogP contribution is 1.98. The third-order valence-electron chi connectivity index (χ3n) is 2.74. The Kier molecular flexibility index (Phi) is 49.2. The number of halogens is 5. The second-order valence-corrected chi connectivity index (χ2v) is 8.77. The molecule has 0 unspecified atom stereocenters. The minimum atomic E-state index is 0.0278. The van der Waals surface area contributed by atoms with E-state index in [9.17, 15) is 0 Å². The van der Waals surface area contributed by atoms with E-state index in [2.05, 4.69) is 31.1 Å². The van der Waals surface area contributed by atoms with Gasteiger partial charge in [0.1, 0.15) is 0 Å². The van der Waals surface area contributed by atoms with Crippen LogP contribution in [0.25, 0.3) is 0 Å². The molecule has 0 rings (SSSR count). The zero-order valence-corrected chi connectivity index (χ0v) is 25.6. The summed E-state index contributed by atoms with van der Waals surface area (Å²) >= 11 is 26.6. The molecule has 0 aromatic carbocycles. The van der Waals surface area contributed by atoms with Crippen LogP contribution in [0.3, 0.4) is 0 Å². The van der Waals surface area contributed by atoms with Gasteiger partial charge in [-0.25, -0.2) is 0 Å². The monoisotopic (exact) mass is 650 g/mol. The van der Waals surface area contributed by atoms with Crippen LogP contribution in [-0.4, -0.2) is 120 Å². The Balaban J connectivity index is -0.000000220. The van der Waals surface area contributed by atoms with Gasteiger partial charge in [-0.3, -0.25) is 0 Å². The van der Waals surface area contributed by atoms with E-state index in [1.165, 1.54) is 0 Å². The second-order valence-electron chi connectivity index (χ2n) is 6.37. The Morgan fingerprint density at radius 2 is 0.632 bits per heavy atom. The maximum Gasteiger partial charge on any atom is 0.0818 e. The summed E-state index contributed by atoms with van der Waals surface area (Å²) in [5.41, 5.74) is 0. The molecule has 9 nitrogen and oxygen atoms in total. The average molecular weight is 653 g/mol. The topological polar surface area (TPSA) is 116 Å². The van der Waals surface area contributed by atoms with Crippen molar-refractivity contribution in [2.24, 2.45) is 0 Å². The van der Waals surface area contributed by atoms with Crippen LogP contribution in [-0.2, 0) is 28.4 Å². The van der Waals surface area contributed by atoms with Crippen molar-refractivity contribution in [3.63, 3.8) is 0 Å². The van der Waals surface area contributed by atoms with E-state index in [4.69, 9.17) is 97.0 Å². The fourth-order valence-electron chi connectivity index (χ4n) is 1.40. The lowest BCUT2D eigenvalue weighted by atomic mass is 10.6. The fourth-order valence-corrected chi connectivity index (χ4v) is 1.63. The summed E-state index contributed by atoms with van der Waals surface area (Å²) in [4.78, 5) is 0. The minimum absolute atomic E-state index is 0.0278. The maximum absolute atomic E-state index is 8.31. The van der Waals surface area contributed by atoms with Gasteiger partial charge in [-0.15, -0.1) is 11.6 Å². The van der Waals surface area contributed by atoms with Crippen LogP contribution in [0.1, 0.15) is 0 Å². The molecule has 14 heteroatoms. The lowest BCUT2D eigenvalue weighted by Crippen LogP contribution is -2.10. The molecule has 0 radical (unpaired) electrons. The zero-order valence-electron chi connectivity index (χ0n) is 21.8. The molecule has 0 saturated carbocycles. The van der Waals surface area contributed by atoms with Gasteiger partial charge < -0.3 is 43.7 Å². The quantitative estimate of drug-likeness (QED) is 0.117. The number of alkyl halides is 1. The number of ether oxygens (including phenoxy) is 6. The number of allylic oxidation sites excluding steroid dienone is 1. The standard InChI is InChI=1S/C10H16Cl2O3.C7H13ClO3.C4H10O3.C3H4Cl2/c1-9(11)7-14-5-3-13-4-6-15-8-10(2)12;1-7(8)6-11-5-4-10-3-2-9;5-1-3-7-4-2-6;1-3(5)2-4/h1-8H2;9H,1-6H2;5-6H,1-4H2;1-2H2. The summed E-state index contributed by atoms with van der Waals surface area (Å²) in [6.45, 7) is 18.8. The van der Waals surface area contributed by atoms with E-state index in [-0.39, 0.29) is 19.8 Å². The van der Waals surface area contributed by atoms with Gasteiger partial charge in [0.15, 0.2) is 0 Å². The molecule has 0 saturated heterocycles. The van der Waals surface area contributed by atoms with E-state index in [0.29, 0.717) is 105 Å². The summed E-state index contributed by atoms with van der Waals surface area (Å²) in [5.74, 6) is 0.349. The number of aliphatic hydroxyl groups is 3. The maximum atomic E-state index is 8.31. The molecule has 0 bridgehead atoms. The molecule has 38 heavy (non-hydrogen) atoms. The van der Waals surface area contributed by atoms with Crippen molar-refractivity contribution in [1.29, 1.82) is 0 Å². The summed E-state index contributed by atoms with van der Waals surface area (Å²) in [6, 6.07) is 0. The van der Waals surface area contributed by atoms with Crippen molar-refractivity contribution in [3.8, 4) is 0 Å². The SMILES string of the molecule is C=C(Cl)CCl.C=C(Cl)COCCOCCO.C=C(Cl)COCCOCCOCC(=C)Cl.OCCOCCO. The molecule has 228 valence electrons. The molecular formula is C24H43Cl5O9. The molecule has 0 aromatic rings. The first-order valence-corrected chi connectivity index (χ1v) is 13.3. The largest absolute Gasteiger partial charge is 0.394 e. The second kappa shape index (κ2) is 41.5. The molecule has 0 aliphatic rings. The van der Waals surface area contributed by atoms with Gasteiger partial charge in [0.2, 0.25) is 0 Å². The van der Waals surface area contributed by atoms with Crippen LogP contribution in [0.4, 0.5) is 0 Å². The number of hydrogen-bond donors (Lipinski definition) is 3. The number of aliphatic hydroxyl groups excluding tert-OH is 3. The van der Waals surface area contributed by atoms with Crippen molar-refractivity contribution in [1.82, 2.24) is 0 Å². The van der Waals surface area contributed by atoms with Crippen LogP contribution in [0.5, 0.6) is 0 Å². The van der Waals surface area contributed by atoms with Gasteiger partial charge in [0.25, 0.3) is 0 Å². The fraction of sp³-hybridized carbons (Fsp3) is 0.667. The zero-order chi connectivity index (χ0) is 29.9. The highest BCUT2D eigenvalue weighted by Gasteiger charge is 1.93. The van der Waals surface area contributed by atoms with Gasteiger partial charge in [-0.05, 0) is 0 Å². The number of rotatable bonds is 22. The van der Waals surface area contributed by atoms with E-state index in [1.807, 2.05) is 0 Å². The van der Waals surface area contributed by atoms with Crippen molar-refractivity contribution < 1.29 is 43.7 Å². The first-order valence-electron chi connectivity index (χ1n) is 11.3. The van der Waals surface area contributed by atoms with Crippen molar-refractivity contribution in [2.75, 3.05) is 105 Å². The predicted octanol–water partition coefficient (Wildman–Crippen LogP) is 4.27. The van der Waals surface area contributed by atoms with Gasteiger partial charge in [-0.1, -0.05) is 72.7 Å². The molecule has 0 amide bonds. The molecule has 0 spiro atoms. The normalized spacial score (nSPS) is 9.68. The van der Waals surface area contributed by atoms with Gasteiger partial charge in [-0.2, -0.15) is 0 Å². The first-order chi connectivity index (χ1) is 18.1. The van der Waals surface area contributed by atoms with Crippen molar-refractivity contribution in [3.05, 3.63) is 46.4 Å². The average Bonchev–Trinajstić information content (AvgIpc) is 2.86. The van der Waals surface area contributed by atoms with Gasteiger partial charge >= 0.3 is 0 Å². The van der Waals surface area contributed by atoms with Crippen molar-refractivity contribution >= 4 is 58.0 Å². The van der Waals surface area contributed by atoms with Crippen molar-refractivity contribution in [2.45, 2.75) is 0 Å². The summed E-state index contributed by atoms with van der Waals surface area (Å²) < 4.78 is 30.0. The third kappa shape index (κ3) is 65.3. The lowest BCUT2D eigenvalue weighted by Gasteiger charge is -2.05. The molecule has 0 fully saturated rings. The Bertz CT molecular complexity index is 517. The van der Waals surface area contributed by atoms with Crippen LogP contribution in [0, 0.1) is 0 Å². The Hall–Kier alpha value is 0.0500. The minimum Gasteiger partial charge on any atom is -0.394 e. The van der Waals surface area contributed by atoms with Gasteiger partial charge in [0.05, 0.1) is 105 Å². The highest BCUT2D eigenvalue weighted by atomic mass is 35.5. The third-order valence-corrected chi connectivity index (χ3v) is 3.66. The van der Waals surface area contributed by atoms with E-state index in [1.54, 1.807) is 0 Å². The van der Waals surface area contributed by atoms with Crippen LogP contribution in [0.2, 0.25) is 0 Å². The van der Waals surface area contributed by atoms with Gasteiger partial charge in [0, 0.05) is 20.1 Å². The van der Waals surface area contributed by atoms with E-state index in [0.717, 1.165) is 0 Å². The Morgan fingerprint density at radius 3 is 0.842 bits per heavy atom. The molecule has 0 aliphatic heterocycles. The highest BCUT2D eigenvalue weighted by molar-refractivity contribution is 6.35. The molecule has 0 aliphatic carbocycles. The Labute approximate surface area is 252 Å². The predicted molar refractivity (Wildman–Crippen MR) is 157 cm³/mol. The molecule has 3 N–H and O–H groups in total. The first kappa shape index (κ1) is 45.1. The van der Waals surface area contributed by atoms with Crippen LogP contribution in [0.15, 0.2) is 46.4 Å². The molecule has 0 heterocycles. The van der Waals surface area contributed by atoms with Crippen LogP contribution >= 0.6 is 58.0 Å². The molecular weight excluding hydrogens is 610 g/mol. The Morgan fingerprint density at radius 1 is 0.421 bits per heavy atom. The summed E-state index contributed by atoms with van der Waals surface area (Å²) in [5, 5.41) is 26.4. The molecule has 0 atom stereocenters. The van der Waals surface area contributed by atoms with E-state index >= 15 is 0 Å². The smallest absolute Gasteiger partial charge is 0.0818 e. The number of hydrogen-bond acceptors (Lipinski definition) is 9.